The molecule has 0 aliphatic heterocycles. The zero-order valence-corrected chi connectivity index (χ0v) is 23.4. The van der Waals surface area contributed by atoms with Crippen molar-refractivity contribution >= 4 is 70.1 Å². The van der Waals surface area contributed by atoms with Gasteiger partial charge < -0.3 is 14.0 Å². The van der Waals surface area contributed by atoms with E-state index in [1.54, 1.807) is 32.3 Å². The lowest BCUT2D eigenvalue weighted by atomic mass is 10.1. The number of nitrogens with zero attached hydrogens (tertiary/aromatic N) is 2. The molecule has 0 saturated carbocycles. The number of hydrogen-bond donors (Lipinski definition) is 1. The molecule has 5 rings (SSSR count). The summed E-state index contributed by atoms with van der Waals surface area (Å²) in [4.78, 5) is 17.2. The number of carbonyl (C=O) groups is 1. The quantitative estimate of drug-likeness (QED) is 0.183. The Labute approximate surface area is 232 Å². The Morgan fingerprint density at radius 1 is 1.11 bits per heavy atom. The van der Waals surface area contributed by atoms with Gasteiger partial charge in [-0.1, -0.05) is 47.5 Å². The van der Waals surface area contributed by atoms with Gasteiger partial charge in [-0.2, -0.15) is 0 Å². The monoisotopic (exact) mass is 586 g/mol. The van der Waals surface area contributed by atoms with Crippen molar-refractivity contribution in [3.8, 4) is 21.8 Å². The van der Waals surface area contributed by atoms with Crippen LogP contribution in [0.4, 0.5) is 5.69 Å². The number of benzene rings is 2. The van der Waals surface area contributed by atoms with E-state index in [0.29, 0.717) is 21.2 Å². The number of fused-ring (bicyclic) bond motifs is 1. The number of thiophene rings is 1. The molecule has 0 amide bonds. The first kappa shape index (κ1) is 26.5. The van der Waals surface area contributed by atoms with Crippen molar-refractivity contribution in [2.45, 2.75) is 6.92 Å². The molecular formula is C27H21Cl2N2O5PS. The maximum absolute atomic E-state index is 14.2. The average Bonchev–Trinajstić information content (AvgIpc) is 3.53. The van der Waals surface area contributed by atoms with Crippen LogP contribution in [0.2, 0.25) is 10.0 Å². The number of furan rings is 1. The molecule has 5 aromatic rings. The molecule has 1 N–H and O–H groups in total. The molecule has 0 aliphatic rings. The molecule has 194 valence electrons. The van der Waals surface area contributed by atoms with Crippen LogP contribution >= 0.6 is 42.1 Å². The standard InChI is InChI=1S/C27H21Cl2N2O5PS/c1-3-35-37(34,24-11-10-18(28)13-19(24)29)31(2)21-15-25(38-26(21)27(32)33)17-8-6-16(7-9-17)23-14-20-22(36-23)5-4-12-30-20/h4-15H,3H2,1-2H3,(H,32,33). The molecule has 3 heterocycles. The fourth-order valence-electron chi connectivity index (χ4n) is 4.07. The molecule has 3 aromatic heterocycles. The lowest BCUT2D eigenvalue weighted by molar-refractivity contribution is 0.0703. The summed E-state index contributed by atoms with van der Waals surface area (Å²) in [5, 5.41) is 10.8. The molecule has 0 radical (unpaired) electrons. The van der Waals surface area contributed by atoms with E-state index >= 15 is 0 Å². The first-order valence-electron chi connectivity index (χ1n) is 11.5. The van der Waals surface area contributed by atoms with E-state index in [1.165, 1.54) is 16.8 Å². The molecule has 38 heavy (non-hydrogen) atoms. The van der Waals surface area contributed by atoms with Gasteiger partial charge in [-0.15, -0.1) is 11.3 Å². The highest BCUT2D eigenvalue weighted by Crippen LogP contribution is 2.55. The van der Waals surface area contributed by atoms with E-state index < -0.39 is 13.5 Å². The third kappa shape index (κ3) is 4.86. The van der Waals surface area contributed by atoms with Gasteiger partial charge in [-0.05, 0) is 48.9 Å². The summed E-state index contributed by atoms with van der Waals surface area (Å²) in [6.45, 7) is 1.83. The normalized spacial score (nSPS) is 12.9. The topological polar surface area (TPSA) is 92.9 Å². The molecule has 0 bridgehead atoms. The molecule has 1 unspecified atom stereocenters. The van der Waals surface area contributed by atoms with E-state index in [-0.39, 0.29) is 27.5 Å². The van der Waals surface area contributed by atoms with Gasteiger partial charge in [0, 0.05) is 34.8 Å². The number of hydrogen-bond acceptors (Lipinski definition) is 6. The third-order valence-corrected chi connectivity index (χ3v) is 10.4. The van der Waals surface area contributed by atoms with Crippen molar-refractivity contribution in [1.82, 2.24) is 4.98 Å². The predicted molar refractivity (Wildman–Crippen MR) is 153 cm³/mol. The summed E-state index contributed by atoms with van der Waals surface area (Å²) in [6.07, 6.45) is 1.71. The van der Waals surface area contributed by atoms with Crippen molar-refractivity contribution < 1.29 is 23.4 Å². The Morgan fingerprint density at radius 2 is 1.84 bits per heavy atom. The van der Waals surface area contributed by atoms with Gasteiger partial charge in [0.2, 0.25) is 0 Å². The van der Waals surface area contributed by atoms with Crippen molar-refractivity contribution in [3.63, 3.8) is 0 Å². The van der Waals surface area contributed by atoms with Crippen LogP contribution < -0.4 is 9.97 Å². The van der Waals surface area contributed by atoms with Crippen LogP contribution in [0.25, 0.3) is 32.9 Å². The molecule has 11 heteroatoms. The van der Waals surface area contributed by atoms with Crippen LogP contribution in [-0.4, -0.2) is 29.7 Å². The average molecular weight is 587 g/mol. The Kier molecular flexibility index (Phi) is 7.36. The second kappa shape index (κ2) is 10.6. The number of rotatable bonds is 8. The molecule has 2 aromatic carbocycles. The number of aromatic nitrogens is 1. The van der Waals surface area contributed by atoms with Gasteiger partial charge in [0.05, 0.1) is 22.6 Å². The summed E-state index contributed by atoms with van der Waals surface area (Å²) >= 11 is 13.5. The largest absolute Gasteiger partial charge is 0.477 e. The number of halogens is 2. The Bertz CT molecular complexity index is 1670. The second-order valence-corrected chi connectivity index (χ2v) is 12.5. The first-order valence-corrected chi connectivity index (χ1v) is 14.6. The number of aromatic carboxylic acids is 1. The van der Waals surface area contributed by atoms with Gasteiger partial charge >= 0.3 is 13.5 Å². The zero-order chi connectivity index (χ0) is 27.0. The molecular weight excluding hydrogens is 566 g/mol. The number of pyridine rings is 1. The lowest BCUT2D eigenvalue weighted by Gasteiger charge is -2.29. The molecule has 0 aliphatic carbocycles. The van der Waals surface area contributed by atoms with E-state index in [2.05, 4.69) is 4.98 Å². The van der Waals surface area contributed by atoms with Crippen LogP contribution in [0.5, 0.6) is 0 Å². The second-order valence-electron chi connectivity index (χ2n) is 8.26. The highest BCUT2D eigenvalue weighted by atomic mass is 35.5. The fraction of sp³-hybridized carbons (Fsp3) is 0.111. The minimum atomic E-state index is -3.78. The molecule has 1 atom stereocenters. The summed E-state index contributed by atoms with van der Waals surface area (Å²) in [7, 11) is -2.24. The van der Waals surface area contributed by atoms with Crippen LogP contribution in [0.3, 0.4) is 0 Å². The predicted octanol–water partition coefficient (Wildman–Crippen LogP) is 8.22. The van der Waals surface area contributed by atoms with Crippen LogP contribution in [-0.2, 0) is 9.09 Å². The van der Waals surface area contributed by atoms with E-state index in [9.17, 15) is 14.5 Å². The SMILES string of the molecule is CCOP(=O)(c1ccc(Cl)cc1Cl)N(C)c1cc(-c2ccc(-c3cc4ncccc4o3)cc2)sc1C(=O)O. The third-order valence-electron chi connectivity index (χ3n) is 5.91. The number of carboxylic acid groups (broad SMARTS) is 1. The summed E-state index contributed by atoms with van der Waals surface area (Å²) < 4.78 is 27.2. The Balaban J connectivity index is 1.53. The van der Waals surface area contributed by atoms with Crippen LogP contribution in [0, 0.1) is 0 Å². The highest BCUT2D eigenvalue weighted by Gasteiger charge is 2.36. The smallest absolute Gasteiger partial charge is 0.348 e. The van der Waals surface area contributed by atoms with E-state index in [1.807, 2.05) is 42.5 Å². The van der Waals surface area contributed by atoms with Crippen molar-refractivity contribution in [2.24, 2.45) is 0 Å². The molecule has 0 fully saturated rings. The molecule has 7 nitrogen and oxygen atoms in total. The van der Waals surface area contributed by atoms with Crippen molar-refractivity contribution in [2.75, 3.05) is 18.3 Å². The minimum Gasteiger partial charge on any atom is -0.477 e. The number of carboxylic acids is 1. The van der Waals surface area contributed by atoms with Crippen LogP contribution in [0.15, 0.2) is 77.3 Å². The maximum atomic E-state index is 14.2. The Morgan fingerprint density at radius 3 is 2.50 bits per heavy atom. The van der Waals surface area contributed by atoms with Crippen molar-refractivity contribution in [3.05, 3.63) is 87.8 Å². The van der Waals surface area contributed by atoms with Crippen molar-refractivity contribution in [1.29, 1.82) is 0 Å². The summed E-state index contributed by atoms with van der Waals surface area (Å²) in [5.41, 5.74) is 3.38. The van der Waals surface area contributed by atoms with Crippen LogP contribution in [0.1, 0.15) is 16.6 Å². The van der Waals surface area contributed by atoms with Gasteiger partial charge in [0.15, 0.2) is 5.58 Å². The fourth-order valence-corrected chi connectivity index (χ4v) is 7.93. The zero-order valence-electron chi connectivity index (χ0n) is 20.2. The van der Waals surface area contributed by atoms with Gasteiger partial charge in [0.25, 0.3) is 0 Å². The minimum absolute atomic E-state index is 0.0277. The Hall–Kier alpha value is -3.13. The summed E-state index contributed by atoms with van der Waals surface area (Å²) in [6, 6.07) is 19.4. The van der Waals surface area contributed by atoms with Gasteiger partial charge in [0.1, 0.15) is 16.2 Å². The first-order chi connectivity index (χ1) is 18.2. The molecule has 0 spiro atoms. The maximum Gasteiger partial charge on any atom is 0.348 e. The highest BCUT2D eigenvalue weighted by molar-refractivity contribution is 7.68. The van der Waals surface area contributed by atoms with Gasteiger partial charge in [-0.3, -0.25) is 14.2 Å². The van der Waals surface area contributed by atoms with E-state index in [0.717, 1.165) is 28.0 Å². The van der Waals surface area contributed by atoms with Gasteiger partial charge in [-0.25, -0.2) is 4.79 Å². The molecule has 0 saturated heterocycles. The summed E-state index contributed by atoms with van der Waals surface area (Å²) in [5.74, 6) is -0.458. The van der Waals surface area contributed by atoms with E-state index in [4.69, 9.17) is 32.1 Å². The number of anilines is 1. The lowest BCUT2D eigenvalue weighted by Crippen LogP contribution is -2.25.